The van der Waals surface area contributed by atoms with Crippen molar-refractivity contribution in [1.29, 1.82) is 0 Å². The summed E-state index contributed by atoms with van der Waals surface area (Å²) in [6.07, 6.45) is 1.00. The molecule has 0 radical (unpaired) electrons. The zero-order chi connectivity index (χ0) is 13.3. The number of aryl methyl sites for hydroxylation is 1. The van der Waals surface area contributed by atoms with Crippen LogP contribution in [0.3, 0.4) is 0 Å². The zero-order valence-electron chi connectivity index (χ0n) is 11.3. The van der Waals surface area contributed by atoms with Crippen LogP contribution in [0, 0.1) is 6.92 Å². The standard InChI is InChI=1S/C14H21BrN2O/c1-11-4-5-12(8-13(11)15)17-7-6-14(9-17,10-18)16(2)3/h4-5,8,18H,6-7,9-10H2,1-3H3. The SMILES string of the molecule is Cc1ccc(N2CCC(CO)(N(C)C)C2)cc1Br. The second-order valence-electron chi connectivity index (χ2n) is 5.38. The Morgan fingerprint density at radius 3 is 2.67 bits per heavy atom. The number of rotatable bonds is 3. The average molecular weight is 313 g/mol. The van der Waals surface area contributed by atoms with Gasteiger partial charge in [-0.05, 0) is 45.1 Å². The third kappa shape index (κ3) is 2.42. The average Bonchev–Trinajstić information content (AvgIpc) is 2.78. The maximum Gasteiger partial charge on any atom is 0.0633 e. The van der Waals surface area contributed by atoms with Crippen molar-refractivity contribution in [2.75, 3.05) is 38.7 Å². The molecule has 100 valence electrons. The molecule has 0 saturated carbocycles. The van der Waals surface area contributed by atoms with Gasteiger partial charge in [0.05, 0.1) is 12.1 Å². The van der Waals surface area contributed by atoms with E-state index in [-0.39, 0.29) is 12.1 Å². The number of likely N-dealkylation sites (N-methyl/N-ethyl adjacent to an activating group) is 1. The molecule has 0 bridgehead atoms. The predicted octanol–water partition coefficient (Wildman–Crippen LogP) is 2.26. The third-order valence-electron chi connectivity index (χ3n) is 4.10. The van der Waals surface area contributed by atoms with E-state index in [2.05, 4.69) is 50.9 Å². The second-order valence-corrected chi connectivity index (χ2v) is 6.24. The molecule has 0 spiro atoms. The van der Waals surface area contributed by atoms with Gasteiger partial charge in [-0.1, -0.05) is 22.0 Å². The molecular weight excluding hydrogens is 292 g/mol. The zero-order valence-corrected chi connectivity index (χ0v) is 12.9. The Morgan fingerprint density at radius 1 is 1.44 bits per heavy atom. The Kier molecular flexibility index (Phi) is 3.99. The normalized spacial score (nSPS) is 24.0. The summed E-state index contributed by atoms with van der Waals surface area (Å²) < 4.78 is 1.14. The van der Waals surface area contributed by atoms with Crippen LogP contribution >= 0.6 is 15.9 Å². The highest BCUT2D eigenvalue weighted by atomic mass is 79.9. The van der Waals surface area contributed by atoms with Crippen LogP contribution in [-0.2, 0) is 0 Å². The lowest BCUT2D eigenvalue weighted by Crippen LogP contribution is -2.49. The van der Waals surface area contributed by atoms with E-state index in [0.29, 0.717) is 0 Å². The lowest BCUT2D eigenvalue weighted by atomic mass is 9.99. The Labute approximate surface area is 118 Å². The second kappa shape index (κ2) is 5.19. The van der Waals surface area contributed by atoms with Gasteiger partial charge in [-0.15, -0.1) is 0 Å². The molecule has 0 aliphatic carbocycles. The maximum absolute atomic E-state index is 9.67. The van der Waals surface area contributed by atoms with Gasteiger partial charge in [-0.25, -0.2) is 0 Å². The predicted molar refractivity (Wildman–Crippen MR) is 79.2 cm³/mol. The van der Waals surface area contributed by atoms with Crippen molar-refractivity contribution in [3.8, 4) is 0 Å². The van der Waals surface area contributed by atoms with Gasteiger partial charge in [0.1, 0.15) is 0 Å². The number of halogens is 1. The molecule has 2 rings (SSSR count). The van der Waals surface area contributed by atoms with E-state index in [1.807, 2.05) is 14.1 Å². The van der Waals surface area contributed by atoms with Crippen LogP contribution < -0.4 is 4.90 Å². The summed E-state index contributed by atoms with van der Waals surface area (Å²) in [6.45, 7) is 4.18. The summed E-state index contributed by atoms with van der Waals surface area (Å²) in [5.74, 6) is 0. The Morgan fingerprint density at radius 2 is 2.17 bits per heavy atom. The molecule has 0 amide bonds. The molecule has 1 aliphatic heterocycles. The van der Waals surface area contributed by atoms with Crippen molar-refractivity contribution in [3.63, 3.8) is 0 Å². The molecule has 18 heavy (non-hydrogen) atoms. The molecule has 1 saturated heterocycles. The van der Waals surface area contributed by atoms with Crippen molar-refractivity contribution in [1.82, 2.24) is 4.90 Å². The smallest absolute Gasteiger partial charge is 0.0633 e. The summed E-state index contributed by atoms with van der Waals surface area (Å²) in [4.78, 5) is 4.50. The Hall–Kier alpha value is -0.580. The fraction of sp³-hybridized carbons (Fsp3) is 0.571. The van der Waals surface area contributed by atoms with Gasteiger partial charge in [0.15, 0.2) is 0 Å². The number of anilines is 1. The van der Waals surface area contributed by atoms with Crippen molar-refractivity contribution in [2.45, 2.75) is 18.9 Å². The van der Waals surface area contributed by atoms with Crippen LogP contribution in [0.5, 0.6) is 0 Å². The highest BCUT2D eigenvalue weighted by molar-refractivity contribution is 9.10. The summed E-state index contributed by atoms with van der Waals surface area (Å²) in [5.41, 5.74) is 2.38. The van der Waals surface area contributed by atoms with Crippen LogP contribution in [0.25, 0.3) is 0 Å². The van der Waals surface area contributed by atoms with Gasteiger partial charge >= 0.3 is 0 Å². The highest BCUT2D eigenvalue weighted by Crippen LogP contribution is 2.31. The number of aliphatic hydroxyl groups excluding tert-OH is 1. The van der Waals surface area contributed by atoms with E-state index in [0.717, 1.165) is 24.0 Å². The summed E-state index contributed by atoms with van der Waals surface area (Å²) in [5, 5.41) is 9.67. The summed E-state index contributed by atoms with van der Waals surface area (Å²) in [6, 6.07) is 6.45. The van der Waals surface area contributed by atoms with Gasteiger partial charge < -0.3 is 10.0 Å². The first kappa shape index (κ1) is 13.8. The monoisotopic (exact) mass is 312 g/mol. The molecular formula is C14H21BrN2O. The van der Waals surface area contributed by atoms with E-state index in [1.165, 1.54) is 11.3 Å². The number of benzene rings is 1. The Bertz CT molecular complexity index is 436. The molecule has 0 aromatic heterocycles. The topological polar surface area (TPSA) is 26.7 Å². The first-order valence-electron chi connectivity index (χ1n) is 6.28. The maximum atomic E-state index is 9.67. The molecule has 4 heteroatoms. The molecule has 1 atom stereocenters. The molecule has 1 unspecified atom stereocenters. The van der Waals surface area contributed by atoms with Crippen LogP contribution in [0.4, 0.5) is 5.69 Å². The number of hydrogen-bond acceptors (Lipinski definition) is 3. The molecule has 1 N–H and O–H groups in total. The van der Waals surface area contributed by atoms with Gasteiger partial charge in [0.2, 0.25) is 0 Å². The van der Waals surface area contributed by atoms with Crippen molar-refractivity contribution >= 4 is 21.6 Å². The lowest BCUT2D eigenvalue weighted by molar-refractivity contribution is 0.0867. The molecule has 1 fully saturated rings. The van der Waals surface area contributed by atoms with Gasteiger partial charge in [0.25, 0.3) is 0 Å². The van der Waals surface area contributed by atoms with E-state index in [9.17, 15) is 5.11 Å². The minimum absolute atomic E-state index is 0.0998. The summed E-state index contributed by atoms with van der Waals surface area (Å²) >= 11 is 3.58. The van der Waals surface area contributed by atoms with Gasteiger partial charge in [-0.3, -0.25) is 4.90 Å². The van der Waals surface area contributed by atoms with Gasteiger partial charge in [0, 0.05) is 23.2 Å². The van der Waals surface area contributed by atoms with E-state index in [1.54, 1.807) is 0 Å². The highest BCUT2D eigenvalue weighted by Gasteiger charge is 2.39. The van der Waals surface area contributed by atoms with Gasteiger partial charge in [-0.2, -0.15) is 0 Å². The fourth-order valence-corrected chi connectivity index (χ4v) is 2.86. The van der Waals surface area contributed by atoms with Crippen molar-refractivity contribution < 1.29 is 5.11 Å². The first-order valence-corrected chi connectivity index (χ1v) is 7.07. The number of hydrogen-bond donors (Lipinski definition) is 1. The lowest BCUT2D eigenvalue weighted by Gasteiger charge is -2.34. The van der Waals surface area contributed by atoms with Crippen LogP contribution in [-0.4, -0.2) is 49.3 Å². The van der Waals surface area contributed by atoms with E-state index in [4.69, 9.17) is 0 Å². The molecule has 1 aromatic carbocycles. The molecule has 1 aliphatic rings. The minimum Gasteiger partial charge on any atom is -0.394 e. The van der Waals surface area contributed by atoms with Crippen LogP contribution in [0.15, 0.2) is 22.7 Å². The van der Waals surface area contributed by atoms with E-state index >= 15 is 0 Å². The van der Waals surface area contributed by atoms with E-state index < -0.39 is 0 Å². The number of nitrogens with zero attached hydrogens (tertiary/aromatic N) is 2. The molecule has 1 aromatic rings. The van der Waals surface area contributed by atoms with Crippen LogP contribution in [0.1, 0.15) is 12.0 Å². The first-order chi connectivity index (χ1) is 8.48. The summed E-state index contributed by atoms with van der Waals surface area (Å²) in [7, 11) is 4.09. The third-order valence-corrected chi connectivity index (χ3v) is 4.95. The van der Waals surface area contributed by atoms with Crippen molar-refractivity contribution in [2.24, 2.45) is 0 Å². The largest absolute Gasteiger partial charge is 0.394 e. The number of aliphatic hydroxyl groups is 1. The fourth-order valence-electron chi connectivity index (χ4n) is 2.49. The Balaban J connectivity index is 2.19. The van der Waals surface area contributed by atoms with Crippen LogP contribution in [0.2, 0.25) is 0 Å². The molecule has 1 heterocycles. The quantitative estimate of drug-likeness (QED) is 0.927. The van der Waals surface area contributed by atoms with Crippen molar-refractivity contribution in [3.05, 3.63) is 28.2 Å². The minimum atomic E-state index is -0.0998. The molecule has 3 nitrogen and oxygen atoms in total.